The van der Waals surface area contributed by atoms with Crippen molar-refractivity contribution in [1.82, 2.24) is 4.98 Å². The number of nitrogens with zero attached hydrogens (tertiary/aromatic N) is 2. The van der Waals surface area contributed by atoms with Crippen molar-refractivity contribution < 1.29 is 14.3 Å². The first-order valence-electron chi connectivity index (χ1n) is 8.30. The quantitative estimate of drug-likeness (QED) is 0.647. The molecule has 1 amide bonds. The predicted octanol–water partition coefficient (Wildman–Crippen LogP) is 4.48. The summed E-state index contributed by atoms with van der Waals surface area (Å²) in [5, 5.41) is 0.657. The van der Waals surface area contributed by atoms with E-state index in [1.807, 2.05) is 49.4 Å². The van der Waals surface area contributed by atoms with Gasteiger partial charge in [-0.05, 0) is 42.8 Å². The number of rotatable bonds is 5. The van der Waals surface area contributed by atoms with E-state index in [1.165, 1.54) is 11.3 Å². The minimum absolute atomic E-state index is 0.0691. The van der Waals surface area contributed by atoms with Gasteiger partial charge in [0.1, 0.15) is 16.9 Å². The van der Waals surface area contributed by atoms with Crippen LogP contribution in [0.15, 0.2) is 42.5 Å². The number of amides is 1. The van der Waals surface area contributed by atoms with Crippen LogP contribution in [-0.2, 0) is 4.79 Å². The summed E-state index contributed by atoms with van der Waals surface area (Å²) in [5.41, 5.74) is 1.95. The van der Waals surface area contributed by atoms with Gasteiger partial charge in [0.2, 0.25) is 5.91 Å². The minimum Gasteiger partial charge on any atom is -0.497 e. The van der Waals surface area contributed by atoms with E-state index in [0.717, 1.165) is 32.4 Å². The Bertz CT molecular complexity index is 940. The van der Waals surface area contributed by atoms with E-state index in [4.69, 9.17) is 9.47 Å². The van der Waals surface area contributed by atoms with Crippen LogP contribution in [0, 0.1) is 0 Å². The summed E-state index contributed by atoms with van der Waals surface area (Å²) < 4.78 is 11.8. The molecule has 1 aromatic heterocycles. The number of benzene rings is 2. The second-order valence-corrected chi connectivity index (χ2v) is 7.84. The number of anilines is 1. The van der Waals surface area contributed by atoms with Gasteiger partial charge in [-0.25, -0.2) is 4.98 Å². The minimum atomic E-state index is -0.0691. The number of hydrogen-bond donors (Lipinski definition) is 0. The highest BCUT2D eigenvalue weighted by molar-refractivity contribution is 8.00. The van der Waals surface area contributed by atoms with Gasteiger partial charge in [-0.15, -0.1) is 11.8 Å². The second-order valence-electron chi connectivity index (χ2n) is 5.76. The van der Waals surface area contributed by atoms with Crippen LogP contribution in [-0.4, -0.2) is 30.4 Å². The molecule has 2 heterocycles. The van der Waals surface area contributed by atoms with Crippen molar-refractivity contribution in [2.75, 3.05) is 24.4 Å². The fourth-order valence-corrected chi connectivity index (χ4v) is 5.16. The highest BCUT2D eigenvalue weighted by Gasteiger charge is 2.36. The van der Waals surface area contributed by atoms with E-state index in [2.05, 4.69) is 4.98 Å². The van der Waals surface area contributed by atoms with Gasteiger partial charge >= 0.3 is 0 Å². The van der Waals surface area contributed by atoms with E-state index in [0.29, 0.717) is 12.4 Å². The number of thioether (sulfide) groups is 1. The average molecular weight is 386 g/mol. The number of hydrogen-bond acceptors (Lipinski definition) is 6. The fraction of sp³-hybridized carbons (Fsp3) is 0.263. The predicted molar refractivity (Wildman–Crippen MR) is 106 cm³/mol. The first-order valence-corrected chi connectivity index (χ1v) is 10.2. The highest BCUT2D eigenvalue weighted by atomic mass is 32.2. The normalized spacial score (nSPS) is 17.1. The van der Waals surface area contributed by atoms with Gasteiger partial charge in [0.05, 0.1) is 29.7 Å². The topological polar surface area (TPSA) is 51.7 Å². The molecule has 4 rings (SSSR count). The lowest BCUT2D eigenvalue weighted by atomic mass is 10.2. The third-order valence-electron chi connectivity index (χ3n) is 4.13. The Hall–Kier alpha value is -2.25. The van der Waals surface area contributed by atoms with Crippen molar-refractivity contribution in [3.05, 3.63) is 48.0 Å². The zero-order chi connectivity index (χ0) is 18.1. The average Bonchev–Trinajstić information content (AvgIpc) is 3.24. The Labute approximate surface area is 159 Å². The molecular weight excluding hydrogens is 368 g/mol. The van der Waals surface area contributed by atoms with Crippen molar-refractivity contribution in [3.8, 4) is 11.5 Å². The summed E-state index contributed by atoms with van der Waals surface area (Å²) in [6.45, 7) is 2.58. The number of carbonyl (C=O) groups excluding carboxylic acids is 1. The van der Waals surface area contributed by atoms with Gasteiger partial charge in [-0.3, -0.25) is 9.69 Å². The van der Waals surface area contributed by atoms with Crippen LogP contribution >= 0.6 is 23.1 Å². The summed E-state index contributed by atoms with van der Waals surface area (Å²) in [4.78, 5) is 19.0. The summed E-state index contributed by atoms with van der Waals surface area (Å²) in [6, 6.07) is 13.7. The molecule has 1 atom stereocenters. The van der Waals surface area contributed by atoms with Crippen molar-refractivity contribution in [2.45, 2.75) is 12.3 Å². The monoisotopic (exact) mass is 386 g/mol. The second kappa shape index (κ2) is 7.17. The molecule has 1 aliphatic heterocycles. The number of ether oxygens (including phenoxy) is 2. The van der Waals surface area contributed by atoms with Crippen LogP contribution in [0.4, 0.5) is 5.13 Å². The molecule has 0 bridgehead atoms. The molecule has 1 aliphatic rings. The van der Waals surface area contributed by atoms with Crippen LogP contribution < -0.4 is 14.4 Å². The molecule has 0 radical (unpaired) electrons. The summed E-state index contributed by atoms with van der Waals surface area (Å²) in [6.07, 6.45) is 0. The van der Waals surface area contributed by atoms with Crippen LogP contribution in [0.3, 0.4) is 0 Å². The van der Waals surface area contributed by atoms with Crippen molar-refractivity contribution in [3.63, 3.8) is 0 Å². The zero-order valence-electron chi connectivity index (χ0n) is 14.5. The van der Waals surface area contributed by atoms with Crippen molar-refractivity contribution in [1.29, 1.82) is 0 Å². The summed E-state index contributed by atoms with van der Waals surface area (Å²) in [7, 11) is 1.65. The third-order valence-corrected chi connectivity index (χ3v) is 6.36. The number of methoxy groups -OCH3 is 1. The third kappa shape index (κ3) is 3.12. The van der Waals surface area contributed by atoms with Gasteiger partial charge < -0.3 is 9.47 Å². The first-order chi connectivity index (χ1) is 12.7. The zero-order valence-corrected chi connectivity index (χ0v) is 16.1. The lowest BCUT2D eigenvalue weighted by Gasteiger charge is -2.21. The molecule has 0 unspecified atom stereocenters. The van der Waals surface area contributed by atoms with E-state index >= 15 is 0 Å². The maximum Gasteiger partial charge on any atom is 0.240 e. The van der Waals surface area contributed by atoms with Crippen LogP contribution in [0.5, 0.6) is 11.5 Å². The Kier molecular flexibility index (Phi) is 4.74. The molecule has 26 heavy (non-hydrogen) atoms. The Balaban J connectivity index is 1.69. The van der Waals surface area contributed by atoms with Crippen molar-refractivity contribution in [2.24, 2.45) is 0 Å². The van der Waals surface area contributed by atoms with Gasteiger partial charge in [-0.1, -0.05) is 23.5 Å². The molecule has 1 fully saturated rings. The van der Waals surface area contributed by atoms with Gasteiger partial charge in [0.15, 0.2) is 5.13 Å². The molecule has 134 valence electrons. The maximum atomic E-state index is 12.6. The van der Waals surface area contributed by atoms with E-state index in [9.17, 15) is 4.79 Å². The molecule has 2 aromatic carbocycles. The molecule has 0 saturated carbocycles. The van der Waals surface area contributed by atoms with Crippen LogP contribution in [0.25, 0.3) is 10.2 Å². The SMILES string of the molecule is CCOc1ccc2nc(N3C(=O)CS[C@@H]3c3ccc(OC)cc3)sc2c1. The lowest BCUT2D eigenvalue weighted by Crippen LogP contribution is -2.27. The Morgan fingerprint density at radius 3 is 2.69 bits per heavy atom. The van der Waals surface area contributed by atoms with E-state index in [1.54, 1.807) is 23.8 Å². The fourth-order valence-electron chi connectivity index (χ4n) is 2.90. The number of fused-ring (bicyclic) bond motifs is 1. The number of carbonyl (C=O) groups is 1. The number of aromatic nitrogens is 1. The Morgan fingerprint density at radius 2 is 1.96 bits per heavy atom. The molecule has 0 spiro atoms. The van der Waals surface area contributed by atoms with Gasteiger partial charge in [0.25, 0.3) is 0 Å². The molecular formula is C19H18N2O3S2. The summed E-state index contributed by atoms with van der Waals surface area (Å²) >= 11 is 3.14. The largest absolute Gasteiger partial charge is 0.497 e. The molecule has 0 N–H and O–H groups in total. The van der Waals surface area contributed by atoms with Gasteiger partial charge in [0, 0.05) is 0 Å². The smallest absolute Gasteiger partial charge is 0.240 e. The standard InChI is InChI=1S/C19H18N2O3S2/c1-3-24-14-8-9-15-16(10-14)26-19(20-15)21-17(22)11-25-18(21)12-4-6-13(23-2)7-5-12/h4-10,18H,3,11H2,1-2H3/t18-/m1/s1. The van der Waals surface area contributed by atoms with Crippen LogP contribution in [0.2, 0.25) is 0 Å². The van der Waals surface area contributed by atoms with Crippen molar-refractivity contribution >= 4 is 44.4 Å². The molecule has 0 aliphatic carbocycles. The lowest BCUT2D eigenvalue weighted by molar-refractivity contribution is -0.115. The number of thiazole rings is 1. The van der Waals surface area contributed by atoms with E-state index in [-0.39, 0.29) is 11.3 Å². The maximum absolute atomic E-state index is 12.6. The molecule has 1 saturated heterocycles. The summed E-state index contributed by atoms with van der Waals surface area (Å²) in [5.74, 6) is 2.17. The van der Waals surface area contributed by atoms with E-state index < -0.39 is 0 Å². The first kappa shape index (κ1) is 17.2. The molecule has 7 heteroatoms. The molecule has 3 aromatic rings. The molecule has 5 nitrogen and oxygen atoms in total. The Morgan fingerprint density at radius 1 is 1.19 bits per heavy atom. The van der Waals surface area contributed by atoms with Gasteiger partial charge in [-0.2, -0.15) is 0 Å². The highest BCUT2D eigenvalue weighted by Crippen LogP contribution is 2.44. The van der Waals surface area contributed by atoms with Crippen LogP contribution in [0.1, 0.15) is 17.9 Å².